The zero-order valence-electron chi connectivity index (χ0n) is 9.49. The molecule has 0 aromatic carbocycles. The number of hydrogen-bond donors (Lipinski definition) is 0. The summed E-state index contributed by atoms with van der Waals surface area (Å²) >= 11 is 0. The zero-order chi connectivity index (χ0) is 11.3. The summed E-state index contributed by atoms with van der Waals surface area (Å²) < 4.78 is 5.20. The number of ether oxygens (including phenoxy) is 1. The van der Waals surface area contributed by atoms with E-state index < -0.39 is 5.60 Å². The van der Waals surface area contributed by atoms with Crippen molar-refractivity contribution in [1.82, 2.24) is 4.98 Å². The molecule has 15 heavy (non-hydrogen) atoms. The first-order chi connectivity index (χ1) is 6.97. The molecule has 1 rings (SSSR count). The van der Waals surface area contributed by atoms with Crippen LogP contribution in [0.4, 0.5) is 0 Å². The van der Waals surface area contributed by atoms with E-state index in [2.05, 4.69) is 4.98 Å². The maximum absolute atomic E-state index is 11.4. The number of carbonyl (C=O) groups excluding carboxylic acids is 1. The third kappa shape index (κ3) is 5.15. The molecule has 1 aromatic rings. The van der Waals surface area contributed by atoms with E-state index in [1.807, 2.05) is 32.9 Å². The van der Waals surface area contributed by atoms with Crippen LogP contribution in [0.15, 0.2) is 24.5 Å². The normalized spacial score (nSPS) is 11.1. The molecule has 0 saturated heterocycles. The maximum atomic E-state index is 11.4. The fourth-order valence-electron chi connectivity index (χ4n) is 1.19. The summed E-state index contributed by atoms with van der Waals surface area (Å²) in [7, 11) is 0. The van der Waals surface area contributed by atoms with Gasteiger partial charge in [-0.1, -0.05) is 0 Å². The van der Waals surface area contributed by atoms with Crippen LogP contribution in [0.1, 0.15) is 32.8 Å². The van der Waals surface area contributed by atoms with Gasteiger partial charge in [-0.2, -0.15) is 0 Å². The molecule has 0 fully saturated rings. The number of hydrogen-bond acceptors (Lipinski definition) is 3. The highest BCUT2D eigenvalue weighted by Crippen LogP contribution is 2.10. The van der Waals surface area contributed by atoms with Gasteiger partial charge in [0, 0.05) is 18.8 Å². The Kier molecular flexibility index (Phi) is 3.83. The molecular formula is C12H17NO2. The second kappa shape index (κ2) is 4.91. The van der Waals surface area contributed by atoms with Gasteiger partial charge in [-0.25, -0.2) is 0 Å². The molecule has 3 nitrogen and oxygen atoms in total. The van der Waals surface area contributed by atoms with Crippen LogP contribution in [0.3, 0.4) is 0 Å². The number of pyridine rings is 1. The lowest BCUT2D eigenvalue weighted by atomic mass is 10.1. The Morgan fingerprint density at radius 2 is 1.93 bits per heavy atom. The van der Waals surface area contributed by atoms with Crippen molar-refractivity contribution in [2.45, 2.75) is 39.2 Å². The fourth-order valence-corrected chi connectivity index (χ4v) is 1.19. The molecule has 0 aliphatic heterocycles. The Morgan fingerprint density at radius 3 is 2.47 bits per heavy atom. The van der Waals surface area contributed by atoms with Gasteiger partial charge in [-0.15, -0.1) is 0 Å². The van der Waals surface area contributed by atoms with Crippen molar-refractivity contribution in [2.75, 3.05) is 0 Å². The summed E-state index contributed by atoms with van der Waals surface area (Å²) in [4.78, 5) is 15.3. The minimum Gasteiger partial charge on any atom is -0.460 e. The van der Waals surface area contributed by atoms with E-state index in [1.165, 1.54) is 0 Å². The number of nitrogens with zero attached hydrogens (tertiary/aromatic N) is 1. The molecule has 0 amide bonds. The molecule has 0 atom stereocenters. The summed E-state index contributed by atoms with van der Waals surface area (Å²) in [6.07, 6.45) is 4.58. The summed E-state index contributed by atoms with van der Waals surface area (Å²) in [5.74, 6) is -0.153. The standard InChI is InChI=1S/C12H17NO2/c1-12(2,3)15-11(14)5-4-10-6-8-13-9-7-10/h6-9H,4-5H2,1-3H3. The van der Waals surface area contributed by atoms with Crippen LogP contribution in [0.5, 0.6) is 0 Å². The molecule has 0 radical (unpaired) electrons. The summed E-state index contributed by atoms with van der Waals surface area (Å²) in [6, 6.07) is 3.81. The first-order valence-corrected chi connectivity index (χ1v) is 5.08. The first-order valence-electron chi connectivity index (χ1n) is 5.08. The average Bonchev–Trinajstić information content (AvgIpc) is 2.14. The van der Waals surface area contributed by atoms with Crippen molar-refractivity contribution >= 4 is 5.97 Å². The third-order valence-corrected chi connectivity index (χ3v) is 1.79. The van der Waals surface area contributed by atoms with E-state index in [9.17, 15) is 4.79 Å². The van der Waals surface area contributed by atoms with Crippen molar-refractivity contribution in [3.8, 4) is 0 Å². The summed E-state index contributed by atoms with van der Waals surface area (Å²) in [6.45, 7) is 5.62. The zero-order valence-corrected chi connectivity index (χ0v) is 9.49. The molecule has 82 valence electrons. The molecule has 1 aromatic heterocycles. The van der Waals surface area contributed by atoms with Gasteiger partial charge < -0.3 is 4.74 Å². The molecule has 1 heterocycles. The molecule has 0 bridgehead atoms. The van der Waals surface area contributed by atoms with Crippen LogP contribution in [-0.4, -0.2) is 16.6 Å². The van der Waals surface area contributed by atoms with Gasteiger partial charge in [0.05, 0.1) is 0 Å². The minimum atomic E-state index is -0.394. The van der Waals surface area contributed by atoms with E-state index in [4.69, 9.17) is 4.74 Å². The van der Waals surface area contributed by atoms with Gasteiger partial charge in [0.1, 0.15) is 5.60 Å². The van der Waals surface area contributed by atoms with E-state index in [0.29, 0.717) is 12.8 Å². The smallest absolute Gasteiger partial charge is 0.306 e. The van der Waals surface area contributed by atoms with Gasteiger partial charge in [0.2, 0.25) is 0 Å². The van der Waals surface area contributed by atoms with Crippen LogP contribution >= 0.6 is 0 Å². The highest BCUT2D eigenvalue weighted by atomic mass is 16.6. The second-order valence-corrected chi connectivity index (χ2v) is 4.44. The second-order valence-electron chi connectivity index (χ2n) is 4.44. The fraction of sp³-hybridized carbons (Fsp3) is 0.500. The van der Waals surface area contributed by atoms with Crippen molar-refractivity contribution in [2.24, 2.45) is 0 Å². The summed E-state index contributed by atoms with van der Waals surface area (Å²) in [5.41, 5.74) is 0.714. The van der Waals surface area contributed by atoms with Crippen LogP contribution in [0.2, 0.25) is 0 Å². The number of carbonyl (C=O) groups is 1. The van der Waals surface area contributed by atoms with Crippen LogP contribution in [-0.2, 0) is 16.0 Å². The molecular weight excluding hydrogens is 190 g/mol. The maximum Gasteiger partial charge on any atom is 0.306 e. The largest absolute Gasteiger partial charge is 0.460 e. The van der Waals surface area contributed by atoms with Crippen molar-refractivity contribution in [3.05, 3.63) is 30.1 Å². The molecule has 0 aliphatic rings. The Morgan fingerprint density at radius 1 is 1.33 bits per heavy atom. The number of rotatable bonds is 3. The van der Waals surface area contributed by atoms with Crippen molar-refractivity contribution in [1.29, 1.82) is 0 Å². The first kappa shape index (κ1) is 11.7. The highest BCUT2D eigenvalue weighted by Gasteiger charge is 2.15. The monoisotopic (exact) mass is 207 g/mol. The Labute approximate surface area is 90.5 Å². The molecule has 0 spiro atoms. The SMILES string of the molecule is CC(C)(C)OC(=O)CCc1ccncc1. The number of aryl methyl sites for hydroxylation is 1. The molecule has 3 heteroatoms. The quantitative estimate of drug-likeness (QED) is 0.714. The topological polar surface area (TPSA) is 39.2 Å². The lowest BCUT2D eigenvalue weighted by Gasteiger charge is -2.19. The predicted molar refractivity (Wildman–Crippen MR) is 58.4 cm³/mol. The van der Waals surface area contributed by atoms with Gasteiger partial charge in [0.15, 0.2) is 0 Å². The van der Waals surface area contributed by atoms with Gasteiger partial charge in [0.25, 0.3) is 0 Å². The van der Waals surface area contributed by atoms with E-state index in [0.717, 1.165) is 5.56 Å². The van der Waals surface area contributed by atoms with Crippen LogP contribution in [0.25, 0.3) is 0 Å². The molecule has 0 N–H and O–H groups in total. The minimum absolute atomic E-state index is 0.153. The van der Waals surface area contributed by atoms with Crippen LogP contribution in [0, 0.1) is 0 Å². The van der Waals surface area contributed by atoms with Gasteiger partial charge in [-0.05, 0) is 44.9 Å². The molecule has 0 saturated carbocycles. The van der Waals surface area contributed by atoms with E-state index in [1.54, 1.807) is 12.4 Å². The Hall–Kier alpha value is -1.38. The molecule has 0 unspecified atom stereocenters. The van der Waals surface area contributed by atoms with Crippen molar-refractivity contribution in [3.63, 3.8) is 0 Å². The predicted octanol–water partition coefficient (Wildman–Crippen LogP) is 2.36. The highest BCUT2D eigenvalue weighted by molar-refractivity contribution is 5.70. The Balaban J connectivity index is 2.35. The number of aromatic nitrogens is 1. The van der Waals surface area contributed by atoms with E-state index in [-0.39, 0.29) is 5.97 Å². The molecule has 0 aliphatic carbocycles. The van der Waals surface area contributed by atoms with Gasteiger partial charge in [-0.3, -0.25) is 9.78 Å². The number of esters is 1. The average molecular weight is 207 g/mol. The van der Waals surface area contributed by atoms with Gasteiger partial charge >= 0.3 is 5.97 Å². The summed E-state index contributed by atoms with van der Waals surface area (Å²) in [5, 5.41) is 0. The third-order valence-electron chi connectivity index (χ3n) is 1.79. The van der Waals surface area contributed by atoms with Crippen LogP contribution < -0.4 is 0 Å². The lowest BCUT2D eigenvalue weighted by Crippen LogP contribution is -2.23. The lowest BCUT2D eigenvalue weighted by molar-refractivity contribution is -0.154. The van der Waals surface area contributed by atoms with Crippen molar-refractivity contribution < 1.29 is 9.53 Å². The van der Waals surface area contributed by atoms with E-state index >= 15 is 0 Å². The Bertz CT molecular complexity index is 314.